The molecule has 1 unspecified atom stereocenters. The molecule has 18 heavy (non-hydrogen) atoms. The van der Waals surface area contributed by atoms with Crippen molar-refractivity contribution in [2.24, 2.45) is 11.8 Å². The molecule has 0 fully saturated rings. The summed E-state index contributed by atoms with van der Waals surface area (Å²) < 4.78 is 4.70. The number of ether oxygens (including phenoxy) is 1. The molecule has 0 aliphatic heterocycles. The quantitative estimate of drug-likeness (QED) is 0.594. The molecule has 0 aliphatic carbocycles. The third-order valence-corrected chi connectivity index (χ3v) is 2.93. The monoisotopic (exact) mass is 248 g/mol. The maximum Gasteiger partial charge on any atom is 0.316 e. The summed E-state index contributed by atoms with van der Waals surface area (Å²) in [5, 5.41) is 0. The topological polar surface area (TPSA) is 43.4 Å². The summed E-state index contributed by atoms with van der Waals surface area (Å²) in [7, 11) is 1.32. The van der Waals surface area contributed by atoms with Gasteiger partial charge in [0.1, 0.15) is 5.92 Å². The van der Waals surface area contributed by atoms with Crippen LogP contribution in [-0.4, -0.2) is 18.9 Å². The van der Waals surface area contributed by atoms with Crippen molar-refractivity contribution in [3.63, 3.8) is 0 Å². The zero-order valence-electron chi connectivity index (χ0n) is 11.4. The van der Waals surface area contributed by atoms with E-state index in [0.717, 1.165) is 11.1 Å². The fraction of sp³-hybridized carbons (Fsp3) is 0.467. The van der Waals surface area contributed by atoms with E-state index in [-0.39, 0.29) is 18.1 Å². The van der Waals surface area contributed by atoms with Gasteiger partial charge in [0.25, 0.3) is 0 Å². The van der Waals surface area contributed by atoms with E-state index in [2.05, 4.69) is 0 Å². The SMILES string of the molecule is COC(=O)C(C(=O)Cc1cccc(C)c1)C(C)C. The molecule has 0 saturated carbocycles. The predicted molar refractivity (Wildman–Crippen MR) is 70.2 cm³/mol. The van der Waals surface area contributed by atoms with E-state index in [4.69, 9.17) is 4.74 Å². The number of Topliss-reactive ketones (excluding diaryl/α,β-unsaturated/α-hetero) is 1. The van der Waals surface area contributed by atoms with Crippen molar-refractivity contribution in [3.05, 3.63) is 35.4 Å². The fourth-order valence-corrected chi connectivity index (χ4v) is 2.04. The molecule has 98 valence electrons. The highest BCUT2D eigenvalue weighted by molar-refractivity contribution is 6.00. The Morgan fingerprint density at radius 2 is 1.94 bits per heavy atom. The van der Waals surface area contributed by atoms with Crippen LogP contribution < -0.4 is 0 Å². The number of carbonyl (C=O) groups excluding carboxylic acids is 2. The molecular formula is C15H20O3. The lowest BCUT2D eigenvalue weighted by Gasteiger charge is -2.17. The first kappa shape index (κ1) is 14.4. The van der Waals surface area contributed by atoms with Gasteiger partial charge in [-0.3, -0.25) is 9.59 Å². The summed E-state index contributed by atoms with van der Waals surface area (Å²) in [6.45, 7) is 5.69. The highest BCUT2D eigenvalue weighted by Crippen LogP contribution is 2.17. The highest BCUT2D eigenvalue weighted by atomic mass is 16.5. The normalized spacial score (nSPS) is 12.3. The van der Waals surface area contributed by atoms with E-state index in [0.29, 0.717) is 0 Å². The van der Waals surface area contributed by atoms with Gasteiger partial charge in [-0.2, -0.15) is 0 Å². The zero-order chi connectivity index (χ0) is 13.7. The molecule has 1 aromatic carbocycles. The molecule has 3 heteroatoms. The zero-order valence-corrected chi connectivity index (χ0v) is 11.4. The minimum absolute atomic E-state index is 0.0465. The summed E-state index contributed by atoms with van der Waals surface area (Å²) in [6.07, 6.45) is 0.277. The molecule has 1 aromatic rings. The van der Waals surface area contributed by atoms with E-state index >= 15 is 0 Å². The van der Waals surface area contributed by atoms with Crippen LogP contribution in [0.25, 0.3) is 0 Å². The van der Waals surface area contributed by atoms with Gasteiger partial charge in [-0.25, -0.2) is 0 Å². The summed E-state index contributed by atoms with van der Waals surface area (Å²) in [5.74, 6) is -1.24. The standard InChI is InChI=1S/C15H20O3/c1-10(2)14(15(17)18-4)13(16)9-12-7-5-6-11(3)8-12/h5-8,10,14H,9H2,1-4H3. The van der Waals surface area contributed by atoms with Gasteiger partial charge in [0.2, 0.25) is 0 Å². The molecule has 1 rings (SSSR count). The Morgan fingerprint density at radius 3 is 2.44 bits per heavy atom. The third-order valence-electron chi connectivity index (χ3n) is 2.93. The Labute approximate surface area is 108 Å². The largest absolute Gasteiger partial charge is 0.468 e. The van der Waals surface area contributed by atoms with Gasteiger partial charge in [-0.15, -0.1) is 0 Å². The van der Waals surface area contributed by atoms with Gasteiger partial charge in [0.15, 0.2) is 5.78 Å². The number of methoxy groups -OCH3 is 1. The van der Waals surface area contributed by atoms with Crippen LogP contribution in [0.2, 0.25) is 0 Å². The van der Waals surface area contributed by atoms with Crippen LogP contribution in [0.4, 0.5) is 0 Å². The lowest BCUT2D eigenvalue weighted by molar-refractivity contribution is -0.151. The van der Waals surface area contributed by atoms with E-state index in [1.165, 1.54) is 7.11 Å². The molecule has 0 amide bonds. The summed E-state index contributed by atoms with van der Waals surface area (Å²) >= 11 is 0. The molecular weight excluding hydrogens is 228 g/mol. The fourth-order valence-electron chi connectivity index (χ4n) is 2.04. The van der Waals surface area contributed by atoms with E-state index in [9.17, 15) is 9.59 Å². The second-order valence-electron chi connectivity index (χ2n) is 4.88. The second kappa shape index (κ2) is 6.34. The van der Waals surface area contributed by atoms with E-state index in [1.807, 2.05) is 45.0 Å². The number of benzene rings is 1. The minimum Gasteiger partial charge on any atom is -0.468 e. The molecule has 3 nitrogen and oxygen atoms in total. The highest BCUT2D eigenvalue weighted by Gasteiger charge is 2.30. The van der Waals surface area contributed by atoms with Crippen LogP contribution in [0.1, 0.15) is 25.0 Å². The number of hydrogen-bond donors (Lipinski definition) is 0. The average molecular weight is 248 g/mol. The second-order valence-corrected chi connectivity index (χ2v) is 4.88. The van der Waals surface area contributed by atoms with Crippen molar-refractivity contribution in [1.82, 2.24) is 0 Å². The molecule has 0 aliphatic rings. The summed E-state index contributed by atoms with van der Waals surface area (Å²) in [4.78, 5) is 23.8. The van der Waals surface area contributed by atoms with E-state index in [1.54, 1.807) is 0 Å². The number of hydrogen-bond acceptors (Lipinski definition) is 3. The Bertz CT molecular complexity index is 435. The first-order valence-electron chi connectivity index (χ1n) is 6.11. The number of esters is 1. The third kappa shape index (κ3) is 3.69. The van der Waals surface area contributed by atoms with Crippen molar-refractivity contribution in [2.75, 3.05) is 7.11 Å². The Kier molecular flexibility index (Phi) is 5.08. The molecule has 0 spiro atoms. The maximum atomic E-state index is 12.2. The first-order chi connectivity index (χ1) is 8.45. The number of carbonyl (C=O) groups is 2. The molecule has 1 atom stereocenters. The average Bonchev–Trinajstić information content (AvgIpc) is 2.28. The lowest BCUT2D eigenvalue weighted by atomic mass is 9.88. The Morgan fingerprint density at radius 1 is 1.28 bits per heavy atom. The molecule has 0 bridgehead atoms. The Balaban J connectivity index is 2.82. The van der Waals surface area contributed by atoms with Crippen molar-refractivity contribution in [3.8, 4) is 0 Å². The summed E-state index contributed by atoms with van der Waals surface area (Å²) in [6, 6.07) is 7.76. The minimum atomic E-state index is -0.671. The molecule has 0 aromatic heterocycles. The molecule has 0 heterocycles. The van der Waals surface area contributed by atoms with E-state index < -0.39 is 11.9 Å². The molecule has 0 saturated heterocycles. The number of aryl methyl sites for hydroxylation is 1. The van der Waals surface area contributed by atoms with Crippen LogP contribution in [0.3, 0.4) is 0 Å². The van der Waals surface area contributed by atoms with Crippen molar-refractivity contribution < 1.29 is 14.3 Å². The maximum absolute atomic E-state index is 12.2. The number of rotatable bonds is 5. The van der Waals surface area contributed by atoms with Gasteiger partial charge in [-0.05, 0) is 18.4 Å². The molecule has 0 radical (unpaired) electrons. The molecule has 0 N–H and O–H groups in total. The van der Waals surface area contributed by atoms with Gasteiger partial charge >= 0.3 is 5.97 Å². The van der Waals surface area contributed by atoms with Crippen LogP contribution in [0, 0.1) is 18.8 Å². The Hall–Kier alpha value is -1.64. The van der Waals surface area contributed by atoms with Gasteiger partial charge in [-0.1, -0.05) is 43.7 Å². The van der Waals surface area contributed by atoms with Crippen LogP contribution >= 0.6 is 0 Å². The van der Waals surface area contributed by atoms with Crippen molar-refractivity contribution in [1.29, 1.82) is 0 Å². The summed E-state index contributed by atoms with van der Waals surface area (Å²) in [5.41, 5.74) is 2.05. The van der Waals surface area contributed by atoms with Crippen LogP contribution in [0.5, 0.6) is 0 Å². The van der Waals surface area contributed by atoms with Gasteiger partial charge < -0.3 is 4.74 Å². The predicted octanol–water partition coefficient (Wildman–Crippen LogP) is 2.55. The van der Waals surface area contributed by atoms with Gasteiger partial charge in [0.05, 0.1) is 7.11 Å². The van der Waals surface area contributed by atoms with Crippen LogP contribution in [0.15, 0.2) is 24.3 Å². The lowest BCUT2D eigenvalue weighted by Crippen LogP contribution is -2.31. The smallest absolute Gasteiger partial charge is 0.316 e. The van der Waals surface area contributed by atoms with Crippen molar-refractivity contribution >= 4 is 11.8 Å². The first-order valence-corrected chi connectivity index (χ1v) is 6.11. The van der Waals surface area contributed by atoms with Crippen LogP contribution in [-0.2, 0) is 20.7 Å². The van der Waals surface area contributed by atoms with Crippen molar-refractivity contribution in [2.45, 2.75) is 27.2 Å². The number of ketones is 1. The van der Waals surface area contributed by atoms with Gasteiger partial charge in [0, 0.05) is 6.42 Å².